The minimum absolute atomic E-state index is 0.258. The van der Waals surface area contributed by atoms with Gasteiger partial charge in [-0.1, -0.05) is 0 Å². The molecule has 0 spiro atoms. The molecule has 4 heterocycles. The van der Waals surface area contributed by atoms with Crippen molar-refractivity contribution in [2.75, 3.05) is 36.8 Å². The number of nitrogens with zero attached hydrogens (tertiary/aromatic N) is 5. The molecule has 2 aliphatic rings. The largest absolute Gasteiger partial charge is 0.382 e. The number of aromatic nitrogens is 3. The predicted molar refractivity (Wildman–Crippen MR) is 135 cm³/mol. The van der Waals surface area contributed by atoms with Gasteiger partial charge in [0.05, 0.1) is 17.6 Å². The molecule has 9 nitrogen and oxygen atoms in total. The predicted octanol–water partition coefficient (Wildman–Crippen LogP) is 3.16. The van der Waals surface area contributed by atoms with Crippen molar-refractivity contribution in [3.8, 4) is 0 Å². The average Bonchev–Trinajstić information content (AvgIpc) is 3.32. The van der Waals surface area contributed by atoms with Crippen LogP contribution in [0.2, 0.25) is 0 Å². The molecule has 2 amide bonds. The van der Waals surface area contributed by atoms with E-state index in [0.717, 1.165) is 56.4 Å². The fraction of sp³-hybridized carbons (Fsp3) is 0.423. The number of carbonyl (C=O) groups is 2. The Morgan fingerprint density at radius 2 is 1.74 bits per heavy atom. The first-order valence-electron chi connectivity index (χ1n) is 12.3. The van der Waals surface area contributed by atoms with Crippen molar-refractivity contribution in [2.45, 2.75) is 44.7 Å². The highest BCUT2D eigenvalue weighted by Crippen LogP contribution is 2.28. The Labute approximate surface area is 205 Å². The Balaban J connectivity index is 1.23. The number of pyridine rings is 1. The Hall–Kier alpha value is -3.59. The Morgan fingerprint density at radius 3 is 2.49 bits per heavy atom. The molecule has 0 bridgehead atoms. The molecule has 0 unspecified atom stereocenters. The quantitative estimate of drug-likeness (QED) is 0.567. The summed E-state index contributed by atoms with van der Waals surface area (Å²) >= 11 is 0. The highest BCUT2D eigenvalue weighted by molar-refractivity contribution is 6.13. The van der Waals surface area contributed by atoms with Crippen LogP contribution in [0.25, 0.3) is 10.9 Å². The third-order valence-corrected chi connectivity index (χ3v) is 6.98. The number of likely N-dealkylation sites (tertiary alicyclic amines) is 2. The van der Waals surface area contributed by atoms with E-state index < -0.39 is 0 Å². The van der Waals surface area contributed by atoms with Crippen LogP contribution in [0.1, 0.15) is 43.0 Å². The van der Waals surface area contributed by atoms with Gasteiger partial charge in [-0.3, -0.25) is 24.8 Å². The summed E-state index contributed by atoms with van der Waals surface area (Å²) in [6, 6.07) is 9.95. The number of rotatable bonds is 6. The van der Waals surface area contributed by atoms with E-state index in [1.807, 2.05) is 23.1 Å². The van der Waals surface area contributed by atoms with Crippen molar-refractivity contribution in [1.29, 1.82) is 0 Å². The Kier molecular flexibility index (Phi) is 6.85. The molecule has 182 valence electrons. The monoisotopic (exact) mass is 473 g/mol. The molecule has 2 N–H and O–H groups in total. The minimum Gasteiger partial charge on any atom is -0.382 e. The van der Waals surface area contributed by atoms with Crippen LogP contribution in [0.15, 0.2) is 48.9 Å². The fourth-order valence-electron chi connectivity index (χ4n) is 5.06. The standard InChI is InChI=1S/C26H31N7O2/c1-18-5-3-14-33(18)23(34)17-32-15-9-19(10-16-32)30-22-8-7-21(24-20(22)6-2-11-27-24)25(35)31-26-28-12-4-13-29-26/h2,4,6-8,11-13,18-19,30H,3,5,9-10,14-17H2,1H3,(H,28,29,31,35)/t18-/m1/s1. The lowest BCUT2D eigenvalue weighted by Gasteiger charge is -2.34. The van der Waals surface area contributed by atoms with Crippen molar-refractivity contribution in [2.24, 2.45) is 0 Å². The first-order valence-corrected chi connectivity index (χ1v) is 12.3. The van der Waals surface area contributed by atoms with E-state index in [1.165, 1.54) is 0 Å². The van der Waals surface area contributed by atoms with Crippen molar-refractivity contribution < 1.29 is 9.59 Å². The number of benzene rings is 1. The van der Waals surface area contributed by atoms with Gasteiger partial charge in [-0.15, -0.1) is 0 Å². The first-order chi connectivity index (χ1) is 17.1. The normalized spacial score (nSPS) is 19.1. The summed E-state index contributed by atoms with van der Waals surface area (Å²) in [5, 5.41) is 7.29. The zero-order valence-corrected chi connectivity index (χ0v) is 20.0. The number of carbonyl (C=O) groups excluding carboxylic acids is 2. The summed E-state index contributed by atoms with van der Waals surface area (Å²) < 4.78 is 0. The molecule has 35 heavy (non-hydrogen) atoms. The molecule has 2 aliphatic heterocycles. The van der Waals surface area contributed by atoms with Crippen LogP contribution in [0.5, 0.6) is 0 Å². The minimum atomic E-state index is -0.295. The summed E-state index contributed by atoms with van der Waals surface area (Å²) in [6.07, 6.45) is 9.00. The topological polar surface area (TPSA) is 103 Å². The molecule has 2 aromatic heterocycles. The zero-order valence-electron chi connectivity index (χ0n) is 20.0. The highest BCUT2D eigenvalue weighted by Gasteiger charge is 2.28. The van der Waals surface area contributed by atoms with Gasteiger partial charge >= 0.3 is 0 Å². The lowest BCUT2D eigenvalue weighted by atomic mass is 10.0. The molecular weight excluding hydrogens is 442 g/mol. The third-order valence-electron chi connectivity index (χ3n) is 6.98. The molecule has 0 saturated carbocycles. The Bertz CT molecular complexity index is 1190. The lowest BCUT2D eigenvalue weighted by Crippen LogP contribution is -2.46. The van der Waals surface area contributed by atoms with E-state index >= 15 is 0 Å². The SMILES string of the molecule is C[C@@H]1CCCN1C(=O)CN1CCC(Nc2ccc(C(=O)Nc3ncccn3)c3ncccc23)CC1. The summed E-state index contributed by atoms with van der Waals surface area (Å²) in [7, 11) is 0. The van der Waals surface area contributed by atoms with Gasteiger partial charge in [0, 0.05) is 61.4 Å². The van der Waals surface area contributed by atoms with Crippen LogP contribution in [-0.4, -0.2) is 74.8 Å². The van der Waals surface area contributed by atoms with E-state index in [9.17, 15) is 9.59 Å². The van der Waals surface area contributed by atoms with E-state index in [0.29, 0.717) is 29.7 Å². The van der Waals surface area contributed by atoms with Crippen molar-refractivity contribution >= 4 is 34.4 Å². The maximum Gasteiger partial charge on any atom is 0.260 e. The number of hydrogen-bond donors (Lipinski definition) is 2. The van der Waals surface area contributed by atoms with E-state index in [-0.39, 0.29) is 17.8 Å². The number of amides is 2. The lowest BCUT2D eigenvalue weighted by molar-refractivity contribution is -0.133. The zero-order chi connectivity index (χ0) is 24.2. The van der Waals surface area contributed by atoms with Crippen LogP contribution < -0.4 is 10.6 Å². The fourth-order valence-corrected chi connectivity index (χ4v) is 5.06. The molecule has 3 aromatic rings. The first kappa shape index (κ1) is 23.2. The molecule has 9 heteroatoms. The van der Waals surface area contributed by atoms with Crippen LogP contribution in [0.4, 0.5) is 11.6 Å². The number of nitrogens with one attached hydrogen (secondary N) is 2. The molecule has 0 aliphatic carbocycles. The summed E-state index contributed by atoms with van der Waals surface area (Å²) in [5.74, 6) is 0.221. The van der Waals surface area contributed by atoms with Gasteiger partial charge in [0.25, 0.3) is 5.91 Å². The van der Waals surface area contributed by atoms with Crippen LogP contribution in [0, 0.1) is 0 Å². The number of fused-ring (bicyclic) bond motifs is 1. The third kappa shape index (κ3) is 5.24. The average molecular weight is 474 g/mol. The van der Waals surface area contributed by atoms with Gasteiger partial charge < -0.3 is 10.2 Å². The van der Waals surface area contributed by atoms with Crippen LogP contribution >= 0.6 is 0 Å². The van der Waals surface area contributed by atoms with Crippen molar-refractivity contribution in [3.63, 3.8) is 0 Å². The molecule has 1 aromatic carbocycles. The summed E-state index contributed by atoms with van der Waals surface area (Å²) in [6.45, 7) is 5.33. The second-order valence-electron chi connectivity index (χ2n) is 9.36. The molecule has 2 fully saturated rings. The maximum atomic E-state index is 12.9. The summed E-state index contributed by atoms with van der Waals surface area (Å²) in [4.78, 5) is 42.5. The van der Waals surface area contributed by atoms with Crippen LogP contribution in [0.3, 0.4) is 0 Å². The number of piperidine rings is 1. The van der Waals surface area contributed by atoms with Gasteiger partial charge in [-0.05, 0) is 62.9 Å². The summed E-state index contributed by atoms with van der Waals surface area (Å²) in [5.41, 5.74) is 2.07. The highest BCUT2D eigenvalue weighted by atomic mass is 16.2. The number of anilines is 2. The Morgan fingerprint density at radius 1 is 0.971 bits per heavy atom. The number of hydrogen-bond acceptors (Lipinski definition) is 7. The maximum absolute atomic E-state index is 12.9. The van der Waals surface area contributed by atoms with E-state index in [1.54, 1.807) is 30.7 Å². The second-order valence-corrected chi connectivity index (χ2v) is 9.36. The smallest absolute Gasteiger partial charge is 0.260 e. The van der Waals surface area contributed by atoms with Gasteiger partial charge in [-0.2, -0.15) is 0 Å². The molecule has 1 atom stereocenters. The van der Waals surface area contributed by atoms with Gasteiger partial charge in [0.15, 0.2) is 0 Å². The van der Waals surface area contributed by atoms with Gasteiger partial charge in [0.2, 0.25) is 11.9 Å². The molecule has 2 saturated heterocycles. The van der Waals surface area contributed by atoms with Gasteiger partial charge in [0.1, 0.15) is 0 Å². The van der Waals surface area contributed by atoms with Crippen LogP contribution in [-0.2, 0) is 4.79 Å². The van der Waals surface area contributed by atoms with Crippen molar-refractivity contribution in [3.05, 3.63) is 54.5 Å². The van der Waals surface area contributed by atoms with Gasteiger partial charge in [-0.25, -0.2) is 9.97 Å². The second kappa shape index (κ2) is 10.4. The van der Waals surface area contributed by atoms with E-state index in [2.05, 4.69) is 37.4 Å². The molecule has 0 radical (unpaired) electrons. The van der Waals surface area contributed by atoms with Crippen molar-refractivity contribution in [1.82, 2.24) is 24.8 Å². The molecule has 5 rings (SSSR count). The van der Waals surface area contributed by atoms with E-state index in [4.69, 9.17) is 0 Å². The molecular formula is C26H31N7O2.